The maximum atomic E-state index is 12.5. The molecule has 0 saturated carbocycles. The average Bonchev–Trinajstić information content (AvgIpc) is 2.65. The molecule has 1 aromatic heterocycles. The summed E-state index contributed by atoms with van der Waals surface area (Å²) < 4.78 is 42.8. The maximum absolute atomic E-state index is 12.5. The summed E-state index contributed by atoms with van der Waals surface area (Å²) in [7, 11) is 0. The second kappa shape index (κ2) is 9.20. The highest BCUT2D eigenvalue weighted by Crippen LogP contribution is 2.27. The molecule has 2 rings (SSSR count). The van der Waals surface area contributed by atoms with Crippen LogP contribution in [0.4, 0.5) is 13.2 Å². The van der Waals surface area contributed by atoms with Gasteiger partial charge in [0.15, 0.2) is 0 Å². The molecule has 0 aliphatic heterocycles. The van der Waals surface area contributed by atoms with Crippen molar-refractivity contribution in [2.75, 3.05) is 13.2 Å². The molecule has 9 heteroatoms. The molecule has 1 unspecified atom stereocenters. The molecule has 0 bridgehead atoms. The number of halogens is 3. The summed E-state index contributed by atoms with van der Waals surface area (Å²) in [6.45, 7) is 2.19. The number of carbonyl (C=O) groups is 2. The van der Waals surface area contributed by atoms with Crippen LogP contribution in [0.2, 0.25) is 0 Å². The number of nitrogens with one attached hydrogen (secondary N) is 1. The van der Waals surface area contributed by atoms with Crippen LogP contribution in [0.1, 0.15) is 28.5 Å². The second-order valence-electron chi connectivity index (χ2n) is 5.96. The minimum absolute atomic E-state index is 0.0850. The van der Waals surface area contributed by atoms with Crippen LogP contribution in [-0.4, -0.2) is 35.1 Å². The number of ether oxygens (including phenoxy) is 1. The quantitative estimate of drug-likeness (QED) is 0.716. The van der Waals surface area contributed by atoms with E-state index in [1.54, 1.807) is 24.3 Å². The van der Waals surface area contributed by atoms with Crippen LogP contribution in [0.15, 0.2) is 42.6 Å². The highest BCUT2D eigenvalue weighted by Gasteiger charge is 2.32. The lowest BCUT2D eigenvalue weighted by Crippen LogP contribution is -2.34. The Morgan fingerprint density at radius 2 is 1.86 bits per heavy atom. The van der Waals surface area contributed by atoms with Crippen LogP contribution in [0, 0.1) is 5.92 Å². The number of hydrogen-bond acceptors (Lipinski definition) is 4. The molecule has 1 amide bonds. The molecule has 1 heterocycles. The van der Waals surface area contributed by atoms with Crippen LogP contribution in [0.25, 0.3) is 0 Å². The van der Waals surface area contributed by atoms with Crippen molar-refractivity contribution in [2.24, 2.45) is 5.92 Å². The number of nitrogens with zero attached hydrogens (tertiary/aromatic N) is 1. The molecule has 28 heavy (non-hydrogen) atoms. The Kier molecular flexibility index (Phi) is 6.97. The van der Waals surface area contributed by atoms with Crippen molar-refractivity contribution < 1.29 is 32.6 Å². The maximum Gasteiger partial charge on any atom is 0.433 e. The zero-order valence-corrected chi connectivity index (χ0v) is 15.0. The van der Waals surface area contributed by atoms with Gasteiger partial charge in [-0.25, -0.2) is 0 Å². The monoisotopic (exact) mass is 396 g/mol. The van der Waals surface area contributed by atoms with Gasteiger partial charge < -0.3 is 15.2 Å². The van der Waals surface area contributed by atoms with Crippen molar-refractivity contribution in [3.8, 4) is 5.75 Å². The smallest absolute Gasteiger partial charge is 0.433 e. The summed E-state index contributed by atoms with van der Waals surface area (Å²) in [5, 5.41) is 11.8. The zero-order chi connectivity index (χ0) is 20.7. The normalized spacial score (nSPS) is 12.3. The summed E-state index contributed by atoms with van der Waals surface area (Å²) >= 11 is 0. The summed E-state index contributed by atoms with van der Waals surface area (Å²) in [5.74, 6) is -2.02. The van der Waals surface area contributed by atoms with E-state index in [0.29, 0.717) is 18.4 Å². The highest BCUT2D eigenvalue weighted by molar-refractivity contribution is 5.94. The Balaban J connectivity index is 1.97. The van der Waals surface area contributed by atoms with E-state index in [1.807, 2.05) is 6.92 Å². The van der Waals surface area contributed by atoms with Gasteiger partial charge in [-0.1, -0.05) is 12.1 Å². The van der Waals surface area contributed by atoms with Crippen LogP contribution >= 0.6 is 0 Å². The molecule has 2 aromatic rings. The van der Waals surface area contributed by atoms with Crippen molar-refractivity contribution in [3.63, 3.8) is 0 Å². The Bertz CT molecular complexity index is 805. The van der Waals surface area contributed by atoms with Crippen molar-refractivity contribution >= 4 is 11.9 Å². The Morgan fingerprint density at radius 3 is 2.36 bits per heavy atom. The first-order valence-electron chi connectivity index (χ1n) is 8.46. The minimum Gasteiger partial charge on any atom is -0.494 e. The molecule has 2 N–H and O–H groups in total. The van der Waals surface area contributed by atoms with Gasteiger partial charge in [0.05, 0.1) is 18.1 Å². The molecule has 1 atom stereocenters. The zero-order valence-electron chi connectivity index (χ0n) is 15.0. The Labute approximate surface area is 159 Å². The van der Waals surface area contributed by atoms with Gasteiger partial charge in [-0.3, -0.25) is 14.6 Å². The number of aliphatic carboxylic acids is 1. The van der Waals surface area contributed by atoms with E-state index in [4.69, 9.17) is 4.74 Å². The predicted molar refractivity (Wildman–Crippen MR) is 94.0 cm³/mol. The molecular formula is C19H19F3N2O4. The minimum atomic E-state index is -4.60. The number of benzene rings is 1. The molecule has 0 aliphatic carbocycles. The van der Waals surface area contributed by atoms with Crippen molar-refractivity contribution in [1.29, 1.82) is 0 Å². The number of carboxylic acid groups (broad SMARTS) is 1. The molecule has 0 saturated heterocycles. The Hall–Kier alpha value is -3.10. The van der Waals surface area contributed by atoms with E-state index < -0.39 is 29.7 Å². The summed E-state index contributed by atoms with van der Waals surface area (Å²) in [5.41, 5.74) is -0.442. The van der Waals surface area contributed by atoms with E-state index in [9.17, 15) is 27.9 Å². The lowest BCUT2D eigenvalue weighted by Gasteiger charge is -2.14. The number of carbonyl (C=O) groups excluding carboxylic acids is 1. The van der Waals surface area contributed by atoms with Crippen LogP contribution in [0.5, 0.6) is 5.75 Å². The third-order valence-corrected chi connectivity index (χ3v) is 3.89. The van der Waals surface area contributed by atoms with E-state index in [0.717, 1.165) is 17.8 Å². The molecule has 150 valence electrons. The first-order chi connectivity index (χ1) is 13.2. The SMILES string of the molecule is CCOc1ccc(CC(CNC(=O)c2ccc(C(F)(F)F)nc2)C(=O)O)cc1. The molecule has 6 nitrogen and oxygen atoms in total. The van der Waals surface area contributed by atoms with Crippen molar-refractivity contribution in [2.45, 2.75) is 19.5 Å². The first kappa shape index (κ1) is 21.2. The average molecular weight is 396 g/mol. The van der Waals surface area contributed by atoms with E-state index in [1.165, 1.54) is 0 Å². The summed E-state index contributed by atoms with van der Waals surface area (Å²) in [6.07, 6.45) is -3.62. The fraction of sp³-hybridized carbons (Fsp3) is 0.316. The van der Waals surface area contributed by atoms with Crippen molar-refractivity contribution in [3.05, 3.63) is 59.4 Å². The second-order valence-corrected chi connectivity index (χ2v) is 5.96. The van der Waals surface area contributed by atoms with Gasteiger partial charge in [-0.15, -0.1) is 0 Å². The largest absolute Gasteiger partial charge is 0.494 e. The number of aromatic nitrogens is 1. The predicted octanol–water partition coefficient (Wildman–Crippen LogP) is 3.17. The van der Waals surface area contributed by atoms with Crippen LogP contribution < -0.4 is 10.1 Å². The summed E-state index contributed by atoms with van der Waals surface area (Å²) in [4.78, 5) is 26.7. The van der Waals surface area contributed by atoms with E-state index in [2.05, 4.69) is 10.3 Å². The number of pyridine rings is 1. The van der Waals surface area contributed by atoms with Gasteiger partial charge in [0.2, 0.25) is 0 Å². The molecule has 0 fully saturated rings. The molecule has 0 spiro atoms. The van der Waals surface area contributed by atoms with Gasteiger partial charge in [0.25, 0.3) is 5.91 Å². The standard InChI is InChI=1S/C19H19F3N2O4/c1-2-28-15-6-3-12(4-7-15)9-14(18(26)27)11-24-17(25)13-5-8-16(23-10-13)19(20,21)22/h3-8,10,14H,2,9,11H2,1H3,(H,24,25)(H,26,27). The first-order valence-corrected chi connectivity index (χ1v) is 8.46. The third kappa shape index (κ3) is 5.97. The third-order valence-electron chi connectivity index (χ3n) is 3.89. The molecule has 1 aromatic carbocycles. The van der Waals surface area contributed by atoms with E-state index >= 15 is 0 Å². The van der Waals surface area contributed by atoms with Gasteiger partial charge in [0, 0.05) is 12.7 Å². The van der Waals surface area contributed by atoms with Crippen LogP contribution in [0.3, 0.4) is 0 Å². The number of amides is 1. The van der Waals surface area contributed by atoms with Gasteiger partial charge in [-0.05, 0) is 43.2 Å². The molecule has 0 aliphatic rings. The molecule has 0 radical (unpaired) electrons. The van der Waals surface area contributed by atoms with Gasteiger partial charge >= 0.3 is 12.1 Å². The van der Waals surface area contributed by atoms with Gasteiger partial charge in [-0.2, -0.15) is 13.2 Å². The number of alkyl halides is 3. The summed E-state index contributed by atoms with van der Waals surface area (Å²) in [6, 6.07) is 8.62. The number of rotatable bonds is 8. The van der Waals surface area contributed by atoms with Crippen molar-refractivity contribution in [1.82, 2.24) is 10.3 Å². The fourth-order valence-corrected chi connectivity index (χ4v) is 2.43. The van der Waals surface area contributed by atoms with E-state index in [-0.39, 0.29) is 18.5 Å². The fourth-order valence-electron chi connectivity index (χ4n) is 2.43. The topological polar surface area (TPSA) is 88.5 Å². The van der Waals surface area contributed by atoms with Crippen LogP contribution in [-0.2, 0) is 17.4 Å². The lowest BCUT2D eigenvalue weighted by atomic mass is 9.99. The highest BCUT2D eigenvalue weighted by atomic mass is 19.4. The Morgan fingerprint density at radius 1 is 1.18 bits per heavy atom. The lowest BCUT2D eigenvalue weighted by molar-refractivity contribution is -0.142. The van der Waals surface area contributed by atoms with Gasteiger partial charge in [0.1, 0.15) is 11.4 Å². The number of hydrogen-bond donors (Lipinski definition) is 2. The molecular weight excluding hydrogens is 377 g/mol. The number of carboxylic acids is 1.